The van der Waals surface area contributed by atoms with E-state index in [1.165, 1.54) is 5.56 Å². The second-order valence-electron chi connectivity index (χ2n) is 6.34. The maximum absolute atomic E-state index is 12.3. The van der Waals surface area contributed by atoms with E-state index in [0.717, 1.165) is 44.2 Å². The monoisotopic (exact) mass is 392 g/mol. The SMILES string of the molecule is O=C(COc1ccc(Cl)cc1)N1CCN(CCc2cccc(Cl)c2)CC1. The zero-order valence-electron chi connectivity index (χ0n) is 14.5. The lowest BCUT2D eigenvalue weighted by Gasteiger charge is -2.34. The summed E-state index contributed by atoms with van der Waals surface area (Å²) in [5.74, 6) is 0.678. The van der Waals surface area contributed by atoms with Gasteiger partial charge in [-0.2, -0.15) is 0 Å². The van der Waals surface area contributed by atoms with Crippen LogP contribution in [0.3, 0.4) is 0 Å². The molecule has 0 spiro atoms. The summed E-state index contributed by atoms with van der Waals surface area (Å²) in [6, 6.07) is 15.0. The van der Waals surface area contributed by atoms with Crippen molar-refractivity contribution in [2.75, 3.05) is 39.3 Å². The number of rotatable bonds is 6. The number of amides is 1. The topological polar surface area (TPSA) is 32.8 Å². The first-order valence-electron chi connectivity index (χ1n) is 8.73. The average Bonchev–Trinajstić information content (AvgIpc) is 2.66. The van der Waals surface area contributed by atoms with Crippen LogP contribution in [0.2, 0.25) is 10.0 Å². The van der Waals surface area contributed by atoms with Gasteiger partial charge >= 0.3 is 0 Å². The van der Waals surface area contributed by atoms with E-state index in [4.69, 9.17) is 27.9 Å². The van der Waals surface area contributed by atoms with Gasteiger partial charge in [0.15, 0.2) is 6.61 Å². The number of nitrogens with zero attached hydrogens (tertiary/aromatic N) is 2. The Hall–Kier alpha value is -1.75. The number of carbonyl (C=O) groups excluding carboxylic acids is 1. The molecule has 3 rings (SSSR count). The van der Waals surface area contributed by atoms with E-state index < -0.39 is 0 Å². The minimum absolute atomic E-state index is 0.0226. The van der Waals surface area contributed by atoms with Crippen LogP contribution < -0.4 is 4.74 Å². The molecular weight excluding hydrogens is 371 g/mol. The van der Waals surface area contributed by atoms with Crippen molar-refractivity contribution in [1.82, 2.24) is 9.80 Å². The van der Waals surface area contributed by atoms with E-state index in [2.05, 4.69) is 11.0 Å². The minimum Gasteiger partial charge on any atom is -0.484 e. The van der Waals surface area contributed by atoms with Gasteiger partial charge in [-0.05, 0) is 48.4 Å². The van der Waals surface area contributed by atoms with Crippen LogP contribution in [0.15, 0.2) is 48.5 Å². The molecule has 0 unspecified atom stereocenters. The van der Waals surface area contributed by atoms with Crippen LogP contribution in [0, 0.1) is 0 Å². The molecule has 138 valence electrons. The van der Waals surface area contributed by atoms with Crippen molar-refractivity contribution in [3.63, 3.8) is 0 Å². The molecule has 0 bridgehead atoms. The summed E-state index contributed by atoms with van der Waals surface area (Å²) >= 11 is 11.9. The van der Waals surface area contributed by atoms with Gasteiger partial charge in [0.2, 0.25) is 0 Å². The van der Waals surface area contributed by atoms with Gasteiger partial charge in [-0.1, -0.05) is 35.3 Å². The highest BCUT2D eigenvalue weighted by atomic mass is 35.5. The molecule has 1 heterocycles. The second-order valence-corrected chi connectivity index (χ2v) is 7.22. The summed E-state index contributed by atoms with van der Waals surface area (Å²) in [4.78, 5) is 16.6. The van der Waals surface area contributed by atoms with Gasteiger partial charge in [-0.3, -0.25) is 9.69 Å². The van der Waals surface area contributed by atoms with Crippen LogP contribution in [-0.2, 0) is 11.2 Å². The third-order valence-electron chi connectivity index (χ3n) is 4.51. The largest absolute Gasteiger partial charge is 0.484 e. The molecule has 0 aromatic heterocycles. The number of ether oxygens (including phenoxy) is 1. The first-order valence-corrected chi connectivity index (χ1v) is 9.49. The Morgan fingerprint density at radius 3 is 2.38 bits per heavy atom. The second kappa shape index (κ2) is 9.26. The third-order valence-corrected chi connectivity index (χ3v) is 4.99. The van der Waals surface area contributed by atoms with E-state index in [9.17, 15) is 4.79 Å². The molecule has 1 amide bonds. The van der Waals surface area contributed by atoms with Gasteiger partial charge < -0.3 is 9.64 Å². The Bertz CT molecular complexity index is 729. The quantitative estimate of drug-likeness (QED) is 0.749. The smallest absolute Gasteiger partial charge is 0.260 e. The molecule has 26 heavy (non-hydrogen) atoms. The summed E-state index contributed by atoms with van der Waals surface area (Å²) in [7, 11) is 0. The maximum atomic E-state index is 12.3. The van der Waals surface area contributed by atoms with E-state index >= 15 is 0 Å². The summed E-state index contributed by atoms with van der Waals surface area (Å²) in [6.45, 7) is 4.27. The van der Waals surface area contributed by atoms with Crippen molar-refractivity contribution in [1.29, 1.82) is 0 Å². The lowest BCUT2D eigenvalue weighted by molar-refractivity contribution is -0.135. The molecular formula is C20H22Cl2N2O2. The Morgan fingerprint density at radius 2 is 1.69 bits per heavy atom. The van der Waals surface area contributed by atoms with E-state index in [1.807, 2.05) is 23.1 Å². The summed E-state index contributed by atoms with van der Waals surface area (Å²) in [5.41, 5.74) is 1.24. The molecule has 0 aliphatic carbocycles. The van der Waals surface area contributed by atoms with E-state index in [0.29, 0.717) is 10.8 Å². The predicted octanol–water partition coefficient (Wildman–Crippen LogP) is 3.76. The lowest BCUT2D eigenvalue weighted by atomic mass is 10.1. The van der Waals surface area contributed by atoms with Crippen LogP contribution in [0.25, 0.3) is 0 Å². The fourth-order valence-electron chi connectivity index (χ4n) is 2.97. The van der Waals surface area contributed by atoms with Crippen LogP contribution in [-0.4, -0.2) is 55.0 Å². The maximum Gasteiger partial charge on any atom is 0.260 e. The van der Waals surface area contributed by atoms with Crippen molar-refractivity contribution in [2.45, 2.75) is 6.42 Å². The standard InChI is InChI=1S/C20H22Cl2N2O2/c21-17-4-6-19(7-5-17)26-15-20(25)24-12-10-23(11-13-24)9-8-16-2-1-3-18(22)14-16/h1-7,14H,8-13,15H2. The van der Waals surface area contributed by atoms with Crippen LogP contribution in [0.1, 0.15) is 5.56 Å². The molecule has 4 nitrogen and oxygen atoms in total. The fourth-order valence-corrected chi connectivity index (χ4v) is 3.31. The van der Waals surface area contributed by atoms with Crippen LogP contribution in [0.5, 0.6) is 5.75 Å². The minimum atomic E-state index is 0.0226. The molecule has 2 aromatic carbocycles. The highest BCUT2D eigenvalue weighted by Crippen LogP contribution is 2.16. The first-order chi connectivity index (χ1) is 12.6. The molecule has 0 atom stereocenters. The highest BCUT2D eigenvalue weighted by Gasteiger charge is 2.21. The molecule has 1 aliphatic rings. The van der Waals surface area contributed by atoms with Crippen molar-refractivity contribution in [3.05, 3.63) is 64.1 Å². The van der Waals surface area contributed by atoms with Crippen molar-refractivity contribution >= 4 is 29.1 Å². The molecule has 1 fully saturated rings. The fraction of sp³-hybridized carbons (Fsp3) is 0.350. The number of piperazine rings is 1. The normalized spacial score (nSPS) is 15.1. The van der Waals surface area contributed by atoms with Crippen molar-refractivity contribution < 1.29 is 9.53 Å². The Labute approximate surface area is 164 Å². The number of halogens is 2. The van der Waals surface area contributed by atoms with Crippen LogP contribution >= 0.6 is 23.2 Å². The molecule has 0 radical (unpaired) electrons. The molecule has 1 saturated heterocycles. The summed E-state index contributed by atoms with van der Waals surface area (Å²) in [5, 5.41) is 1.43. The zero-order chi connectivity index (χ0) is 18.4. The zero-order valence-corrected chi connectivity index (χ0v) is 16.0. The van der Waals surface area contributed by atoms with E-state index in [1.54, 1.807) is 24.3 Å². The lowest BCUT2D eigenvalue weighted by Crippen LogP contribution is -2.50. The Kier molecular flexibility index (Phi) is 6.78. The Balaban J connectivity index is 1.38. The number of benzene rings is 2. The molecule has 6 heteroatoms. The van der Waals surface area contributed by atoms with Gasteiger partial charge in [-0.15, -0.1) is 0 Å². The summed E-state index contributed by atoms with van der Waals surface area (Å²) < 4.78 is 5.54. The van der Waals surface area contributed by atoms with Crippen molar-refractivity contribution in [2.24, 2.45) is 0 Å². The van der Waals surface area contributed by atoms with Gasteiger partial charge in [0.25, 0.3) is 5.91 Å². The number of carbonyl (C=O) groups is 1. The van der Waals surface area contributed by atoms with E-state index in [-0.39, 0.29) is 12.5 Å². The molecule has 1 aliphatic heterocycles. The molecule has 0 saturated carbocycles. The highest BCUT2D eigenvalue weighted by molar-refractivity contribution is 6.30. The van der Waals surface area contributed by atoms with Gasteiger partial charge in [-0.25, -0.2) is 0 Å². The third kappa shape index (κ3) is 5.63. The first kappa shape index (κ1) is 19.0. The van der Waals surface area contributed by atoms with Gasteiger partial charge in [0.1, 0.15) is 5.75 Å². The number of hydrogen-bond acceptors (Lipinski definition) is 3. The van der Waals surface area contributed by atoms with Gasteiger partial charge in [0, 0.05) is 42.8 Å². The predicted molar refractivity (Wildman–Crippen MR) is 105 cm³/mol. The number of hydrogen-bond donors (Lipinski definition) is 0. The average molecular weight is 393 g/mol. The van der Waals surface area contributed by atoms with Gasteiger partial charge in [0.05, 0.1) is 0 Å². The summed E-state index contributed by atoms with van der Waals surface area (Å²) in [6.07, 6.45) is 0.966. The van der Waals surface area contributed by atoms with Crippen molar-refractivity contribution in [3.8, 4) is 5.75 Å². The molecule has 2 aromatic rings. The van der Waals surface area contributed by atoms with Crippen LogP contribution in [0.4, 0.5) is 0 Å². The molecule has 0 N–H and O–H groups in total. The Morgan fingerprint density at radius 1 is 0.962 bits per heavy atom.